The average Bonchev–Trinajstić information content (AvgIpc) is 2.66. The molecule has 2 rings (SSSR count). The zero-order chi connectivity index (χ0) is 24.1. The summed E-state index contributed by atoms with van der Waals surface area (Å²) in [6.45, 7) is -0.646. The van der Waals surface area contributed by atoms with Gasteiger partial charge < -0.3 is 5.32 Å². The monoisotopic (exact) mass is 532 g/mol. The zero-order valence-corrected chi connectivity index (χ0v) is 19.7. The van der Waals surface area contributed by atoms with Gasteiger partial charge in [0.15, 0.2) is 0 Å². The Morgan fingerprint density at radius 2 is 1.84 bits per heavy atom. The Labute approximate surface area is 197 Å². The molecule has 176 valence electrons. The molecule has 0 bridgehead atoms. The summed E-state index contributed by atoms with van der Waals surface area (Å²) >= 11 is 13.1. The minimum Gasteiger partial charge on any atom is -0.354 e. The van der Waals surface area contributed by atoms with Crippen molar-refractivity contribution in [3.05, 3.63) is 63.4 Å². The number of thioether (sulfide) groups is 1. The molecule has 32 heavy (non-hydrogen) atoms. The van der Waals surface area contributed by atoms with Crippen LogP contribution in [0.4, 0.5) is 23.2 Å². The number of hydrogen-bond donors (Lipinski definition) is 1. The fraction of sp³-hybridized carbons (Fsp3) is 0.316. The predicted octanol–water partition coefficient (Wildman–Crippen LogP) is 4.97. The number of alkyl halides is 3. The number of nitrogens with one attached hydrogen (secondary N) is 1. The molecule has 13 heteroatoms. The maximum absolute atomic E-state index is 13.7. The molecule has 0 aromatic heterocycles. The van der Waals surface area contributed by atoms with Crippen LogP contribution in [0.15, 0.2) is 36.4 Å². The number of halogens is 6. The molecule has 0 radical (unpaired) electrons. The van der Waals surface area contributed by atoms with Crippen molar-refractivity contribution in [3.8, 4) is 0 Å². The predicted molar refractivity (Wildman–Crippen MR) is 119 cm³/mol. The highest BCUT2D eigenvalue weighted by Crippen LogP contribution is 2.36. The molecule has 5 nitrogen and oxygen atoms in total. The van der Waals surface area contributed by atoms with Crippen LogP contribution in [0.1, 0.15) is 11.1 Å². The summed E-state index contributed by atoms with van der Waals surface area (Å²) in [7, 11) is -4.12. The number of amides is 1. The van der Waals surface area contributed by atoms with Crippen molar-refractivity contribution in [1.82, 2.24) is 5.32 Å². The fourth-order valence-corrected chi connectivity index (χ4v) is 4.88. The van der Waals surface area contributed by atoms with E-state index in [9.17, 15) is 30.8 Å². The second-order valence-electron chi connectivity index (χ2n) is 6.54. The number of benzene rings is 2. The average molecular weight is 533 g/mol. The quantitative estimate of drug-likeness (QED) is 0.366. The first-order valence-electron chi connectivity index (χ1n) is 8.92. The topological polar surface area (TPSA) is 66.5 Å². The van der Waals surface area contributed by atoms with Crippen LogP contribution in [-0.4, -0.2) is 39.4 Å². The lowest BCUT2D eigenvalue weighted by molar-refractivity contribution is -0.137. The van der Waals surface area contributed by atoms with Gasteiger partial charge in [-0.25, -0.2) is 12.8 Å². The molecule has 2 aromatic rings. The van der Waals surface area contributed by atoms with Crippen molar-refractivity contribution in [2.75, 3.05) is 29.4 Å². The van der Waals surface area contributed by atoms with E-state index >= 15 is 0 Å². The third kappa shape index (κ3) is 7.43. The highest BCUT2D eigenvalue weighted by molar-refractivity contribution is 7.98. The van der Waals surface area contributed by atoms with Gasteiger partial charge in [-0.1, -0.05) is 29.3 Å². The summed E-state index contributed by atoms with van der Waals surface area (Å²) in [5, 5.41) is 2.50. The van der Waals surface area contributed by atoms with Crippen LogP contribution in [0.3, 0.4) is 0 Å². The number of rotatable bonds is 9. The van der Waals surface area contributed by atoms with Gasteiger partial charge in [-0.3, -0.25) is 9.10 Å². The van der Waals surface area contributed by atoms with E-state index in [1.54, 1.807) is 6.07 Å². The van der Waals surface area contributed by atoms with Crippen LogP contribution in [0.2, 0.25) is 10.0 Å². The lowest BCUT2D eigenvalue weighted by atomic mass is 10.2. The van der Waals surface area contributed by atoms with Crippen molar-refractivity contribution >= 4 is 56.6 Å². The van der Waals surface area contributed by atoms with Gasteiger partial charge >= 0.3 is 6.18 Å². The summed E-state index contributed by atoms with van der Waals surface area (Å²) in [6, 6.07) is 6.52. The number of carbonyl (C=O) groups excluding carboxylic acids is 1. The van der Waals surface area contributed by atoms with Crippen molar-refractivity contribution in [1.29, 1.82) is 0 Å². The molecule has 0 aliphatic carbocycles. The second-order valence-corrected chi connectivity index (χ2v) is 10.4. The summed E-state index contributed by atoms with van der Waals surface area (Å²) in [6.07, 6.45) is -3.96. The zero-order valence-electron chi connectivity index (χ0n) is 16.5. The van der Waals surface area contributed by atoms with Gasteiger partial charge in [0.1, 0.15) is 12.4 Å². The summed E-state index contributed by atoms with van der Waals surface area (Å²) in [5.74, 6) is -0.569. The van der Waals surface area contributed by atoms with E-state index in [1.165, 1.54) is 23.9 Å². The van der Waals surface area contributed by atoms with Crippen molar-refractivity contribution < 1.29 is 30.8 Å². The molecule has 0 heterocycles. The number of nitrogens with zero attached hydrogens (tertiary/aromatic N) is 1. The smallest absolute Gasteiger partial charge is 0.354 e. The van der Waals surface area contributed by atoms with Gasteiger partial charge in [0.25, 0.3) is 0 Å². The van der Waals surface area contributed by atoms with Gasteiger partial charge in [-0.15, -0.1) is 0 Å². The first kappa shape index (κ1) is 26.6. The Hall–Kier alpha value is -1.69. The normalized spacial score (nSPS) is 12.0. The van der Waals surface area contributed by atoms with Gasteiger partial charge in [0.2, 0.25) is 15.9 Å². The molecule has 0 atom stereocenters. The molecule has 0 unspecified atom stereocenters. The van der Waals surface area contributed by atoms with Crippen LogP contribution in [-0.2, 0) is 26.7 Å². The highest BCUT2D eigenvalue weighted by atomic mass is 35.5. The molecule has 1 N–H and O–H groups in total. The van der Waals surface area contributed by atoms with Crippen LogP contribution < -0.4 is 9.62 Å². The molecule has 0 saturated heterocycles. The molecule has 0 spiro atoms. The summed E-state index contributed by atoms with van der Waals surface area (Å²) in [4.78, 5) is 12.2. The minimum absolute atomic E-state index is 0.115. The van der Waals surface area contributed by atoms with Crippen molar-refractivity contribution in [2.24, 2.45) is 0 Å². The van der Waals surface area contributed by atoms with E-state index in [0.717, 1.165) is 12.3 Å². The molecular formula is C19H18Cl2F4N2O3S2. The van der Waals surface area contributed by atoms with Gasteiger partial charge in [0, 0.05) is 28.6 Å². The summed E-state index contributed by atoms with van der Waals surface area (Å²) in [5.41, 5.74) is -1.23. The lowest BCUT2D eigenvalue weighted by Crippen LogP contribution is -2.41. The Balaban J connectivity index is 2.00. The van der Waals surface area contributed by atoms with E-state index in [1.807, 2.05) is 0 Å². The lowest BCUT2D eigenvalue weighted by Gasteiger charge is -2.24. The number of anilines is 1. The number of hydrogen-bond acceptors (Lipinski definition) is 4. The van der Waals surface area contributed by atoms with Crippen molar-refractivity contribution in [3.63, 3.8) is 0 Å². The second kappa shape index (κ2) is 11.0. The standard InChI is InChI=1S/C19H18Cl2F4N2O3S2/c1-32(29,30)27(17-9-12(19(23,24)25)5-6-15(17)21)10-18(28)26-7-8-31-11-13-14(20)3-2-4-16(13)22/h2-6,9H,7-8,10-11H2,1H3,(H,26,28). The SMILES string of the molecule is CS(=O)(=O)N(CC(=O)NCCSCc1c(F)cccc1Cl)c1cc(C(F)(F)F)ccc1Cl. The fourth-order valence-electron chi connectivity index (χ4n) is 2.55. The van der Waals surface area contributed by atoms with Crippen LogP contribution in [0.5, 0.6) is 0 Å². The van der Waals surface area contributed by atoms with Gasteiger partial charge in [-0.05, 0) is 30.3 Å². The minimum atomic E-state index is -4.72. The van der Waals surface area contributed by atoms with Crippen molar-refractivity contribution in [2.45, 2.75) is 11.9 Å². The molecule has 1 amide bonds. The Morgan fingerprint density at radius 3 is 2.44 bits per heavy atom. The molecule has 0 aliphatic heterocycles. The third-order valence-electron chi connectivity index (χ3n) is 4.11. The molecule has 2 aromatic carbocycles. The number of carbonyl (C=O) groups is 1. The highest BCUT2D eigenvalue weighted by Gasteiger charge is 2.33. The molecule has 0 saturated carbocycles. The van der Waals surface area contributed by atoms with E-state index < -0.39 is 45.7 Å². The first-order valence-corrected chi connectivity index (χ1v) is 12.7. The maximum atomic E-state index is 13.7. The molecule has 0 aliphatic rings. The van der Waals surface area contributed by atoms with E-state index in [2.05, 4.69) is 5.32 Å². The van der Waals surface area contributed by atoms with Crippen LogP contribution in [0, 0.1) is 5.82 Å². The largest absolute Gasteiger partial charge is 0.416 e. The maximum Gasteiger partial charge on any atom is 0.416 e. The molecular weight excluding hydrogens is 515 g/mol. The van der Waals surface area contributed by atoms with Gasteiger partial charge in [-0.2, -0.15) is 24.9 Å². The van der Waals surface area contributed by atoms with Crippen LogP contribution in [0.25, 0.3) is 0 Å². The van der Waals surface area contributed by atoms with E-state index in [-0.39, 0.29) is 22.3 Å². The van der Waals surface area contributed by atoms with Gasteiger partial charge in [0.05, 0.1) is 22.5 Å². The third-order valence-corrected chi connectivity index (χ3v) is 6.89. The number of sulfonamides is 1. The van der Waals surface area contributed by atoms with Crippen LogP contribution >= 0.6 is 35.0 Å². The summed E-state index contributed by atoms with van der Waals surface area (Å²) < 4.78 is 77.5. The molecule has 0 fully saturated rings. The Bertz CT molecular complexity index is 1060. The van der Waals surface area contributed by atoms with E-state index in [4.69, 9.17) is 23.2 Å². The first-order chi connectivity index (χ1) is 14.8. The Kier molecular flexibility index (Phi) is 9.09. The van der Waals surface area contributed by atoms with E-state index in [0.29, 0.717) is 27.8 Å². The Morgan fingerprint density at radius 1 is 1.16 bits per heavy atom.